The van der Waals surface area contributed by atoms with E-state index in [0.29, 0.717) is 0 Å². The normalized spacial score (nSPS) is 19.6. The van der Waals surface area contributed by atoms with Crippen molar-refractivity contribution in [3.63, 3.8) is 0 Å². The molecule has 1 aromatic rings. The molecule has 0 bridgehead atoms. The predicted molar refractivity (Wildman–Crippen MR) is 77.2 cm³/mol. The van der Waals surface area contributed by atoms with Crippen LogP contribution in [0.3, 0.4) is 0 Å². The third-order valence-corrected chi connectivity index (χ3v) is 3.59. The van der Waals surface area contributed by atoms with Crippen LogP contribution in [0.2, 0.25) is 0 Å². The Balaban J connectivity index is 2.14. The lowest BCUT2D eigenvalue weighted by Crippen LogP contribution is -2.19. The molecule has 1 aromatic carbocycles. The van der Waals surface area contributed by atoms with Crippen LogP contribution in [0.25, 0.3) is 0 Å². The first kappa shape index (κ1) is 13.1. The highest BCUT2D eigenvalue weighted by atomic mass is 16.5. The standard InChI is InChI=1S/C15H24N2O/c1-4-12-7-8-17(10-12)13-5-6-14(16)15(9-13)18-11(2)3/h5-6,9,11-12H,4,7-8,10,16H2,1-3H3. The molecule has 0 radical (unpaired) electrons. The molecular formula is C15H24N2O. The van der Waals surface area contributed by atoms with E-state index in [1.54, 1.807) is 0 Å². The van der Waals surface area contributed by atoms with Crippen molar-refractivity contribution in [2.75, 3.05) is 23.7 Å². The van der Waals surface area contributed by atoms with Crippen LogP contribution in [0.1, 0.15) is 33.6 Å². The van der Waals surface area contributed by atoms with Crippen LogP contribution in [0, 0.1) is 5.92 Å². The maximum Gasteiger partial charge on any atom is 0.144 e. The molecule has 3 nitrogen and oxygen atoms in total. The van der Waals surface area contributed by atoms with E-state index in [9.17, 15) is 0 Å². The maximum absolute atomic E-state index is 5.95. The van der Waals surface area contributed by atoms with Gasteiger partial charge in [-0.05, 0) is 38.3 Å². The first-order chi connectivity index (χ1) is 8.60. The Bertz CT molecular complexity index is 403. The Kier molecular flexibility index (Phi) is 4.00. The predicted octanol–water partition coefficient (Wildman–Crippen LogP) is 3.29. The average Bonchev–Trinajstić information content (AvgIpc) is 2.80. The van der Waals surface area contributed by atoms with Gasteiger partial charge in [0.05, 0.1) is 11.8 Å². The van der Waals surface area contributed by atoms with Crippen molar-refractivity contribution in [2.45, 2.75) is 39.7 Å². The summed E-state index contributed by atoms with van der Waals surface area (Å²) in [6.45, 7) is 8.61. The van der Waals surface area contributed by atoms with Crippen molar-refractivity contribution in [1.82, 2.24) is 0 Å². The zero-order valence-corrected chi connectivity index (χ0v) is 11.6. The first-order valence-corrected chi connectivity index (χ1v) is 6.91. The number of anilines is 2. The summed E-state index contributed by atoms with van der Waals surface area (Å²) in [7, 11) is 0. The second-order valence-corrected chi connectivity index (χ2v) is 5.40. The maximum atomic E-state index is 5.95. The second-order valence-electron chi connectivity index (χ2n) is 5.40. The molecule has 0 aliphatic carbocycles. The van der Waals surface area contributed by atoms with Crippen molar-refractivity contribution in [3.05, 3.63) is 18.2 Å². The van der Waals surface area contributed by atoms with E-state index < -0.39 is 0 Å². The SMILES string of the molecule is CCC1CCN(c2ccc(N)c(OC(C)C)c2)C1. The fourth-order valence-corrected chi connectivity index (χ4v) is 2.48. The summed E-state index contributed by atoms with van der Waals surface area (Å²) in [5.74, 6) is 1.64. The lowest BCUT2D eigenvalue weighted by atomic mass is 10.1. The minimum atomic E-state index is 0.157. The minimum Gasteiger partial charge on any atom is -0.489 e. The van der Waals surface area contributed by atoms with Crippen molar-refractivity contribution in [2.24, 2.45) is 5.92 Å². The van der Waals surface area contributed by atoms with Gasteiger partial charge in [0.15, 0.2) is 0 Å². The Hall–Kier alpha value is -1.38. The number of benzene rings is 1. The minimum absolute atomic E-state index is 0.157. The van der Waals surface area contributed by atoms with Gasteiger partial charge in [-0.1, -0.05) is 13.3 Å². The summed E-state index contributed by atoms with van der Waals surface area (Å²) < 4.78 is 5.75. The molecule has 0 aromatic heterocycles. The molecule has 2 N–H and O–H groups in total. The van der Waals surface area contributed by atoms with Crippen molar-refractivity contribution < 1.29 is 4.74 Å². The monoisotopic (exact) mass is 248 g/mol. The van der Waals surface area contributed by atoms with Crippen LogP contribution in [0.4, 0.5) is 11.4 Å². The van der Waals surface area contributed by atoms with Gasteiger partial charge in [0.1, 0.15) is 5.75 Å². The van der Waals surface area contributed by atoms with Gasteiger partial charge < -0.3 is 15.4 Å². The third-order valence-electron chi connectivity index (χ3n) is 3.59. The van der Waals surface area contributed by atoms with Gasteiger partial charge in [-0.3, -0.25) is 0 Å². The summed E-state index contributed by atoms with van der Waals surface area (Å²) in [6, 6.07) is 6.13. The molecule has 1 saturated heterocycles. The third kappa shape index (κ3) is 2.89. The van der Waals surface area contributed by atoms with Crippen molar-refractivity contribution >= 4 is 11.4 Å². The molecule has 100 valence electrons. The van der Waals surface area contributed by atoms with Crippen LogP contribution >= 0.6 is 0 Å². The molecule has 1 aliphatic heterocycles. The van der Waals surface area contributed by atoms with Crippen LogP contribution in [-0.2, 0) is 0 Å². The molecular weight excluding hydrogens is 224 g/mol. The zero-order valence-electron chi connectivity index (χ0n) is 11.6. The average molecular weight is 248 g/mol. The van der Waals surface area contributed by atoms with Crippen molar-refractivity contribution in [1.29, 1.82) is 0 Å². The van der Waals surface area contributed by atoms with Gasteiger partial charge in [-0.2, -0.15) is 0 Å². The molecule has 1 aliphatic rings. The number of nitrogen functional groups attached to an aromatic ring is 1. The number of nitrogens with zero attached hydrogens (tertiary/aromatic N) is 1. The Morgan fingerprint density at radius 1 is 1.44 bits per heavy atom. The molecule has 1 heterocycles. The highest BCUT2D eigenvalue weighted by Crippen LogP contribution is 2.32. The van der Waals surface area contributed by atoms with Gasteiger partial charge in [-0.25, -0.2) is 0 Å². The van der Waals surface area contributed by atoms with Crippen LogP contribution in [0.15, 0.2) is 18.2 Å². The zero-order chi connectivity index (χ0) is 13.1. The van der Waals surface area contributed by atoms with E-state index in [-0.39, 0.29) is 6.10 Å². The summed E-state index contributed by atoms with van der Waals surface area (Å²) >= 11 is 0. The Morgan fingerprint density at radius 3 is 2.83 bits per heavy atom. The topological polar surface area (TPSA) is 38.5 Å². The Morgan fingerprint density at radius 2 is 2.22 bits per heavy atom. The van der Waals surface area contributed by atoms with Gasteiger partial charge in [-0.15, -0.1) is 0 Å². The quantitative estimate of drug-likeness (QED) is 0.831. The molecule has 2 rings (SSSR count). The molecule has 1 atom stereocenters. The highest BCUT2D eigenvalue weighted by Gasteiger charge is 2.21. The number of rotatable bonds is 4. The van der Waals surface area contributed by atoms with Crippen LogP contribution in [0.5, 0.6) is 5.75 Å². The molecule has 0 saturated carbocycles. The van der Waals surface area contributed by atoms with Gasteiger partial charge in [0.2, 0.25) is 0 Å². The van der Waals surface area contributed by atoms with E-state index in [1.807, 2.05) is 19.9 Å². The first-order valence-electron chi connectivity index (χ1n) is 6.91. The van der Waals surface area contributed by atoms with E-state index >= 15 is 0 Å². The number of hydrogen-bond donors (Lipinski definition) is 1. The molecule has 0 spiro atoms. The van der Waals surface area contributed by atoms with E-state index in [4.69, 9.17) is 10.5 Å². The second kappa shape index (κ2) is 5.51. The number of ether oxygens (including phenoxy) is 1. The lowest BCUT2D eigenvalue weighted by molar-refractivity contribution is 0.244. The van der Waals surface area contributed by atoms with E-state index in [0.717, 1.165) is 30.4 Å². The summed E-state index contributed by atoms with van der Waals surface area (Å²) in [4.78, 5) is 2.43. The summed E-state index contributed by atoms with van der Waals surface area (Å²) in [5.41, 5.74) is 7.90. The molecule has 1 fully saturated rings. The molecule has 3 heteroatoms. The van der Waals surface area contributed by atoms with E-state index in [2.05, 4.69) is 24.0 Å². The number of hydrogen-bond acceptors (Lipinski definition) is 3. The molecule has 18 heavy (non-hydrogen) atoms. The fraction of sp³-hybridized carbons (Fsp3) is 0.600. The smallest absolute Gasteiger partial charge is 0.144 e. The van der Waals surface area contributed by atoms with Crippen LogP contribution in [-0.4, -0.2) is 19.2 Å². The number of nitrogens with two attached hydrogens (primary N) is 1. The van der Waals surface area contributed by atoms with Gasteiger partial charge in [0, 0.05) is 24.8 Å². The fourth-order valence-electron chi connectivity index (χ4n) is 2.48. The molecule has 1 unspecified atom stereocenters. The largest absolute Gasteiger partial charge is 0.489 e. The van der Waals surface area contributed by atoms with Crippen molar-refractivity contribution in [3.8, 4) is 5.75 Å². The van der Waals surface area contributed by atoms with Gasteiger partial charge in [0.25, 0.3) is 0 Å². The Labute approximate surface area is 110 Å². The van der Waals surface area contributed by atoms with E-state index in [1.165, 1.54) is 18.5 Å². The van der Waals surface area contributed by atoms with Gasteiger partial charge >= 0.3 is 0 Å². The molecule has 0 amide bonds. The lowest BCUT2D eigenvalue weighted by Gasteiger charge is -2.21. The summed E-state index contributed by atoms with van der Waals surface area (Å²) in [5, 5.41) is 0. The highest BCUT2D eigenvalue weighted by molar-refractivity contribution is 5.62. The van der Waals surface area contributed by atoms with Crippen LogP contribution < -0.4 is 15.4 Å². The summed E-state index contributed by atoms with van der Waals surface area (Å²) in [6.07, 6.45) is 2.71.